The average Bonchev–Trinajstić information content (AvgIpc) is 2.87. The zero-order chi connectivity index (χ0) is 13.0. The number of nitriles is 1. The standard InChI is InChI=1S/C13H10BrClN2S/c14-11-6-9(3-4-12(11)15)13(7-16)17-8-10-2-1-5-18-10/h1-6,13,17H,8H2. The molecule has 1 aromatic heterocycles. The fourth-order valence-corrected chi connectivity index (χ4v) is 2.72. The number of nitrogens with one attached hydrogen (secondary N) is 1. The first-order valence-corrected chi connectivity index (χ1v) is 7.36. The first kappa shape index (κ1) is 13.6. The Kier molecular flexibility index (Phi) is 4.79. The highest BCUT2D eigenvalue weighted by Crippen LogP contribution is 2.26. The van der Waals surface area contributed by atoms with Crippen LogP contribution in [0.5, 0.6) is 0 Å². The van der Waals surface area contributed by atoms with Gasteiger partial charge in [0.05, 0.1) is 11.1 Å². The van der Waals surface area contributed by atoms with Gasteiger partial charge < -0.3 is 0 Å². The van der Waals surface area contributed by atoms with Crippen LogP contribution in [0, 0.1) is 11.3 Å². The van der Waals surface area contributed by atoms with Crippen molar-refractivity contribution in [2.45, 2.75) is 12.6 Å². The second kappa shape index (κ2) is 6.35. The van der Waals surface area contributed by atoms with Crippen LogP contribution >= 0.6 is 38.9 Å². The van der Waals surface area contributed by atoms with Crippen LogP contribution in [0.2, 0.25) is 5.02 Å². The molecule has 0 aliphatic heterocycles. The molecular weight excluding hydrogens is 332 g/mol. The summed E-state index contributed by atoms with van der Waals surface area (Å²) in [6.07, 6.45) is 0. The quantitative estimate of drug-likeness (QED) is 0.887. The van der Waals surface area contributed by atoms with Crippen LogP contribution in [0.3, 0.4) is 0 Å². The van der Waals surface area contributed by atoms with Crippen LogP contribution in [-0.2, 0) is 6.54 Å². The molecule has 0 saturated carbocycles. The van der Waals surface area contributed by atoms with Crippen molar-refractivity contribution in [3.8, 4) is 6.07 Å². The molecule has 2 nitrogen and oxygen atoms in total. The maximum absolute atomic E-state index is 9.21. The molecule has 0 aliphatic rings. The average molecular weight is 342 g/mol. The number of halogens is 2. The van der Waals surface area contributed by atoms with Crippen LogP contribution in [0.15, 0.2) is 40.2 Å². The Labute approximate surface area is 123 Å². The van der Waals surface area contributed by atoms with Gasteiger partial charge in [-0.1, -0.05) is 23.7 Å². The number of rotatable bonds is 4. The number of hydrogen-bond donors (Lipinski definition) is 1. The summed E-state index contributed by atoms with van der Waals surface area (Å²) in [5.41, 5.74) is 0.908. The summed E-state index contributed by atoms with van der Waals surface area (Å²) in [5.74, 6) is 0. The van der Waals surface area contributed by atoms with E-state index in [2.05, 4.69) is 27.3 Å². The van der Waals surface area contributed by atoms with Crippen LogP contribution < -0.4 is 5.32 Å². The van der Waals surface area contributed by atoms with Crippen molar-refractivity contribution in [1.29, 1.82) is 5.26 Å². The molecule has 0 fully saturated rings. The van der Waals surface area contributed by atoms with E-state index in [1.165, 1.54) is 4.88 Å². The van der Waals surface area contributed by atoms with Crippen molar-refractivity contribution in [1.82, 2.24) is 5.32 Å². The van der Waals surface area contributed by atoms with Gasteiger partial charge in [0.25, 0.3) is 0 Å². The predicted molar refractivity (Wildman–Crippen MR) is 78.7 cm³/mol. The molecule has 0 bridgehead atoms. The zero-order valence-electron chi connectivity index (χ0n) is 9.36. The highest BCUT2D eigenvalue weighted by molar-refractivity contribution is 9.10. The van der Waals surface area contributed by atoms with E-state index in [9.17, 15) is 5.26 Å². The minimum Gasteiger partial charge on any atom is -0.293 e. The Morgan fingerprint density at radius 2 is 2.28 bits per heavy atom. The monoisotopic (exact) mass is 340 g/mol. The van der Waals surface area contributed by atoms with Gasteiger partial charge in [-0.25, -0.2) is 0 Å². The van der Waals surface area contributed by atoms with Gasteiger partial charge in [-0.3, -0.25) is 5.32 Å². The lowest BCUT2D eigenvalue weighted by Gasteiger charge is -2.11. The Balaban J connectivity index is 2.08. The summed E-state index contributed by atoms with van der Waals surface area (Å²) in [6.45, 7) is 0.691. The molecule has 1 atom stereocenters. The summed E-state index contributed by atoms with van der Waals surface area (Å²) in [4.78, 5) is 1.21. The third-order valence-electron chi connectivity index (χ3n) is 2.47. The molecule has 92 valence electrons. The first-order valence-electron chi connectivity index (χ1n) is 5.31. The molecule has 2 rings (SSSR count). The molecule has 1 aromatic carbocycles. The summed E-state index contributed by atoms with van der Waals surface area (Å²) in [5, 5.41) is 15.1. The van der Waals surface area contributed by atoms with Gasteiger partial charge >= 0.3 is 0 Å². The van der Waals surface area contributed by atoms with Crippen molar-refractivity contribution in [3.05, 3.63) is 55.6 Å². The first-order chi connectivity index (χ1) is 8.70. The van der Waals surface area contributed by atoms with E-state index in [1.807, 2.05) is 29.6 Å². The fourth-order valence-electron chi connectivity index (χ4n) is 1.55. The maximum atomic E-state index is 9.21. The Morgan fingerprint density at radius 3 is 2.89 bits per heavy atom. The Hall–Kier alpha value is -0.860. The predicted octanol–water partition coefficient (Wildman–Crippen LogP) is 4.52. The molecule has 18 heavy (non-hydrogen) atoms. The second-order valence-corrected chi connectivity index (χ2v) is 5.99. The Bertz CT molecular complexity index is 563. The molecule has 1 unspecified atom stereocenters. The third-order valence-corrected chi connectivity index (χ3v) is 4.56. The van der Waals surface area contributed by atoms with Crippen molar-refractivity contribution in [3.63, 3.8) is 0 Å². The van der Waals surface area contributed by atoms with Gasteiger partial charge in [-0.2, -0.15) is 5.26 Å². The molecule has 1 N–H and O–H groups in total. The summed E-state index contributed by atoms with van der Waals surface area (Å²) < 4.78 is 0.805. The van der Waals surface area contributed by atoms with E-state index >= 15 is 0 Å². The van der Waals surface area contributed by atoms with Gasteiger partial charge in [0.15, 0.2) is 0 Å². The van der Waals surface area contributed by atoms with Crippen molar-refractivity contribution < 1.29 is 0 Å². The maximum Gasteiger partial charge on any atom is 0.121 e. The van der Waals surface area contributed by atoms with Gasteiger partial charge in [0, 0.05) is 15.9 Å². The molecule has 1 heterocycles. The molecule has 0 radical (unpaired) electrons. The summed E-state index contributed by atoms with van der Waals surface area (Å²) in [6, 6.07) is 11.5. The van der Waals surface area contributed by atoms with Gasteiger partial charge in [0.2, 0.25) is 0 Å². The lowest BCUT2D eigenvalue weighted by atomic mass is 10.1. The SMILES string of the molecule is N#CC(NCc1cccs1)c1ccc(Cl)c(Br)c1. The van der Waals surface area contributed by atoms with E-state index in [0.29, 0.717) is 11.6 Å². The summed E-state index contributed by atoms with van der Waals surface area (Å²) in [7, 11) is 0. The normalized spacial score (nSPS) is 12.1. The van der Waals surface area contributed by atoms with E-state index in [4.69, 9.17) is 11.6 Å². The van der Waals surface area contributed by atoms with Gasteiger partial charge in [-0.05, 0) is 45.1 Å². The molecule has 0 saturated heterocycles. The van der Waals surface area contributed by atoms with Gasteiger partial charge in [-0.15, -0.1) is 11.3 Å². The molecule has 5 heteroatoms. The van der Waals surface area contributed by atoms with Crippen LogP contribution in [0.4, 0.5) is 0 Å². The molecule has 0 amide bonds. The van der Waals surface area contributed by atoms with Crippen LogP contribution in [0.25, 0.3) is 0 Å². The zero-order valence-corrected chi connectivity index (χ0v) is 12.5. The fraction of sp³-hybridized carbons (Fsp3) is 0.154. The van der Waals surface area contributed by atoms with E-state index < -0.39 is 0 Å². The minimum atomic E-state index is -0.333. The second-order valence-electron chi connectivity index (χ2n) is 3.70. The minimum absolute atomic E-state index is 0.333. The summed E-state index contributed by atoms with van der Waals surface area (Å²) >= 11 is 11.0. The molecular formula is C13H10BrClN2S. The van der Waals surface area contributed by atoms with E-state index in [0.717, 1.165) is 10.0 Å². The van der Waals surface area contributed by atoms with E-state index in [1.54, 1.807) is 17.4 Å². The van der Waals surface area contributed by atoms with Gasteiger partial charge in [0.1, 0.15) is 6.04 Å². The lowest BCUT2D eigenvalue weighted by molar-refractivity contribution is 0.636. The molecule has 2 aromatic rings. The molecule has 0 spiro atoms. The van der Waals surface area contributed by atoms with Crippen molar-refractivity contribution >= 4 is 38.9 Å². The lowest BCUT2D eigenvalue weighted by Crippen LogP contribution is -2.18. The number of benzene rings is 1. The largest absolute Gasteiger partial charge is 0.293 e. The number of hydrogen-bond acceptors (Lipinski definition) is 3. The van der Waals surface area contributed by atoms with Crippen molar-refractivity contribution in [2.75, 3.05) is 0 Å². The number of nitrogens with zero attached hydrogens (tertiary/aromatic N) is 1. The highest BCUT2D eigenvalue weighted by atomic mass is 79.9. The smallest absolute Gasteiger partial charge is 0.121 e. The highest BCUT2D eigenvalue weighted by Gasteiger charge is 2.11. The number of thiophene rings is 1. The van der Waals surface area contributed by atoms with Crippen molar-refractivity contribution in [2.24, 2.45) is 0 Å². The van der Waals surface area contributed by atoms with Crippen LogP contribution in [-0.4, -0.2) is 0 Å². The topological polar surface area (TPSA) is 35.8 Å². The third kappa shape index (κ3) is 3.33. The molecule has 0 aliphatic carbocycles. The Morgan fingerprint density at radius 1 is 1.44 bits per heavy atom. The van der Waals surface area contributed by atoms with E-state index in [-0.39, 0.29) is 6.04 Å². The van der Waals surface area contributed by atoms with Crippen LogP contribution in [0.1, 0.15) is 16.5 Å².